The molecule has 0 radical (unpaired) electrons. The Morgan fingerprint density at radius 2 is 2.40 bits per heavy atom. The lowest BCUT2D eigenvalue weighted by molar-refractivity contribution is 0.313. The zero-order chi connectivity index (χ0) is 7.40. The molecule has 58 valence electrons. The molecule has 0 atom stereocenters. The molecule has 0 saturated heterocycles. The second kappa shape index (κ2) is 3.41. The Kier molecular flexibility index (Phi) is 2.50. The summed E-state index contributed by atoms with van der Waals surface area (Å²) in [4.78, 5) is 0. The van der Waals surface area contributed by atoms with Crippen LogP contribution in [0.1, 0.15) is 19.3 Å². The van der Waals surface area contributed by atoms with E-state index in [9.17, 15) is 0 Å². The van der Waals surface area contributed by atoms with Gasteiger partial charge in [-0.3, -0.25) is 0 Å². The first-order valence-corrected chi connectivity index (χ1v) is 3.52. The van der Waals surface area contributed by atoms with Gasteiger partial charge in [0.1, 0.15) is 0 Å². The van der Waals surface area contributed by atoms with Crippen molar-refractivity contribution >= 4 is 5.84 Å². The maximum Gasteiger partial charge on any atom is 0.153 e. The zero-order valence-electron chi connectivity index (χ0n) is 5.88. The highest BCUT2D eigenvalue weighted by atomic mass is 16.4. The first-order valence-electron chi connectivity index (χ1n) is 3.52. The van der Waals surface area contributed by atoms with Gasteiger partial charge in [0.15, 0.2) is 5.84 Å². The Bertz CT molecular complexity index is 131. The molecule has 4 N–H and O–H groups in total. The van der Waals surface area contributed by atoms with Gasteiger partial charge >= 0.3 is 0 Å². The quantitative estimate of drug-likeness (QED) is 0.223. The van der Waals surface area contributed by atoms with Crippen LogP contribution in [-0.2, 0) is 0 Å². The molecule has 4 nitrogen and oxygen atoms in total. The molecule has 1 saturated carbocycles. The summed E-state index contributed by atoms with van der Waals surface area (Å²) >= 11 is 0. The summed E-state index contributed by atoms with van der Waals surface area (Å²) in [6, 6.07) is 0.597. The van der Waals surface area contributed by atoms with Crippen molar-refractivity contribution < 1.29 is 5.21 Å². The first kappa shape index (κ1) is 7.34. The largest absolute Gasteiger partial charge is 0.409 e. The molecule has 4 heteroatoms. The third-order valence-corrected chi connectivity index (χ3v) is 1.81. The fourth-order valence-electron chi connectivity index (χ4n) is 0.897. The standard InChI is InChI=1S/C6H13N3O/c7-6(9-10)4-8-5-2-1-3-5/h5,8,10H,1-4H2,(H2,7,9). The lowest BCUT2D eigenvalue weighted by Gasteiger charge is -2.26. The van der Waals surface area contributed by atoms with Gasteiger partial charge in [0.2, 0.25) is 0 Å². The van der Waals surface area contributed by atoms with E-state index < -0.39 is 0 Å². The summed E-state index contributed by atoms with van der Waals surface area (Å²) in [5.41, 5.74) is 5.24. The van der Waals surface area contributed by atoms with Gasteiger partial charge in [-0.2, -0.15) is 0 Å². The second-order valence-corrected chi connectivity index (χ2v) is 2.60. The van der Waals surface area contributed by atoms with E-state index in [1.165, 1.54) is 19.3 Å². The molecule has 0 aromatic rings. The average Bonchev–Trinajstić information content (AvgIpc) is 1.84. The van der Waals surface area contributed by atoms with Crippen LogP contribution in [-0.4, -0.2) is 23.6 Å². The molecule has 0 spiro atoms. The van der Waals surface area contributed by atoms with Crippen LogP contribution in [0, 0.1) is 0 Å². The molecule has 0 amide bonds. The topological polar surface area (TPSA) is 70.6 Å². The van der Waals surface area contributed by atoms with Gasteiger partial charge in [-0.05, 0) is 12.8 Å². The van der Waals surface area contributed by atoms with Gasteiger partial charge in [0.25, 0.3) is 0 Å². The summed E-state index contributed by atoms with van der Waals surface area (Å²) in [6.07, 6.45) is 3.74. The molecule has 0 aromatic heterocycles. The summed E-state index contributed by atoms with van der Waals surface area (Å²) in [7, 11) is 0. The molecule has 0 aliphatic heterocycles. The van der Waals surface area contributed by atoms with Crippen molar-refractivity contribution in [1.29, 1.82) is 0 Å². The van der Waals surface area contributed by atoms with Gasteiger partial charge in [-0.1, -0.05) is 11.6 Å². The monoisotopic (exact) mass is 143 g/mol. The molecule has 0 unspecified atom stereocenters. The number of oxime groups is 1. The highest BCUT2D eigenvalue weighted by Crippen LogP contribution is 2.17. The summed E-state index contributed by atoms with van der Waals surface area (Å²) in [5, 5.41) is 14.2. The van der Waals surface area contributed by atoms with Gasteiger partial charge in [-0.15, -0.1) is 0 Å². The van der Waals surface area contributed by atoms with Crippen molar-refractivity contribution in [2.45, 2.75) is 25.3 Å². The van der Waals surface area contributed by atoms with Crippen molar-refractivity contribution in [2.75, 3.05) is 6.54 Å². The highest BCUT2D eigenvalue weighted by Gasteiger charge is 2.16. The molecule has 1 rings (SSSR count). The fraction of sp³-hybridized carbons (Fsp3) is 0.833. The summed E-state index contributed by atoms with van der Waals surface area (Å²) in [6.45, 7) is 0.501. The van der Waals surface area contributed by atoms with Crippen LogP contribution in [0.2, 0.25) is 0 Å². The van der Waals surface area contributed by atoms with Gasteiger partial charge in [-0.25, -0.2) is 0 Å². The van der Waals surface area contributed by atoms with Crippen LogP contribution in [0.15, 0.2) is 5.16 Å². The number of hydrogen-bond acceptors (Lipinski definition) is 3. The smallest absolute Gasteiger partial charge is 0.153 e. The van der Waals surface area contributed by atoms with Crippen molar-refractivity contribution in [3.8, 4) is 0 Å². The van der Waals surface area contributed by atoms with E-state index in [-0.39, 0.29) is 5.84 Å². The SMILES string of the molecule is NC(CNC1CCC1)=NO. The zero-order valence-corrected chi connectivity index (χ0v) is 5.88. The highest BCUT2D eigenvalue weighted by molar-refractivity contribution is 5.81. The van der Waals surface area contributed by atoms with Crippen LogP contribution >= 0.6 is 0 Å². The van der Waals surface area contributed by atoms with Gasteiger partial charge in [0, 0.05) is 6.04 Å². The summed E-state index contributed by atoms with van der Waals surface area (Å²) < 4.78 is 0. The van der Waals surface area contributed by atoms with E-state index in [1.807, 2.05) is 0 Å². The third-order valence-electron chi connectivity index (χ3n) is 1.81. The summed E-state index contributed by atoms with van der Waals surface area (Å²) in [5.74, 6) is 0.256. The molecule has 0 aromatic carbocycles. The third kappa shape index (κ3) is 1.88. The molecular weight excluding hydrogens is 130 g/mol. The van der Waals surface area contributed by atoms with E-state index >= 15 is 0 Å². The van der Waals surface area contributed by atoms with Crippen LogP contribution < -0.4 is 11.1 Å². The maximum atomic E-state index is 8.16. The minimum absolute atomic E-state index is 0.256. The van der Waals surface area contributed by atoms with Crippen LogP contribution in [0.25, 0.3) is 0 Å². The van der Waals surface area contributed by atoms with Gasteiger partial charge in [0.05, 0.1) is 6.54 Å². The Labute approximate surface area is 60.1 Å². The number of rotatable bonds is 3. The lowest BCUT2D eigenvalue weighted by atomic mass is 9.93. The van der Waals surface area contributed by atoms with Crippen molar-refractivity contribution in [3.63, 3.8) is 0 Å². The van der Waals surface area contributed by atoms with Crippen molar-refractivity contribution in [2.24, 2.45) is 10.9 Å². The number of nitrogens with one attached hydrogen (secondary N) is 1. The minimum Gasteiger partial charge on any atom is -0.409 e. The Balaban J connectivity index is 2.04. The molecule has 0 bridgehead atoms. The van der Waals surface area contributed by atoms with Crippen LogP contribution in [0.3, 0.4) is 0 Å². The second-order valence-electron chi connectivity index (χ2n) is 2.60. The van der Waals surface area contributed by atoms with E-state index in [4.69, 9.17) is 10.9 Å². The Hall–Kier alpha value is -0.770. The number of amidine groups is 1. The predicted octanol–water partition coefficient (Wildman–Crippen LogP) is -0.125. The normalized spacial score (nSPS) is 20.6. The molecule has 0 heterocycles. The fourth-order valence-corrected chi connectivity index (χ4v) is 0.897. The van der Waals surface area contributed by atoms with Crippen molar-refractivity contribution in [3.05, 3.63) is 0 Å². The molecule has 1 aliphatic rings. The Morgan fingerprint density at radius 3 is 2.80 bits per heavy atom. The molecular formula is C6H13N3O. The molecule has 1 aliphatic carbocycles. The van der Waals surface area contributed by atoms with Crippen LogP contribution in [0.4, 0.5) is 0 Å². The number of nitrogens with zero attached hydrogens (tertiary/aromatic N) is 1. The lowest BCUT2D eigenvalue weighted by Crippen LogP contribution is -2.40. The van der Waals surface area contributed by atoms with E-state index in [0.29, 0.717) is 12.6 Å². The van der Waals surface area contributed by atoms with E-state index in [0.717, 1.165) is 0 Å². The number of hydrogen-bond donors (Lipinski definition) is 3. The Morgan fingerprint density at radius 1 is 1.70 bits per heavy atom. The molecule has 10 heavy (non-hydrogen) atoms. The van der Waals surface area contributed by atoms with E-state index in [1.54, 1.807) is 0 Å². The average molecular weight is 143 g/mol. The minimum atomic E-state index is 0.256. The number of nitrogens with two attached hydrogens (primary N) is 1. The maximum absolute atomic E-state index is 8.16. The predicted molar refractivity (Wildman–Crippen MR) is 39.1 cm³/mol. The van der Waals surface area contributed by atoms with Gasteiger partial charge < -0.3 is 16.3 Å². The van der Waals surface area contributed by atoms with E-state index in [2.05, 4.69) is 10.5 Å². The van der Waals surface area contributed by atoms with Crippen molar-refractivity contribution in [1.82, 2.24) is 5.32 Å². The van der Waals surface area contributed by atoms with Crippen LogP contribution in [0.5, 0.6) is 0 Å². The first-order chi connectivity index (χ1) is 4.83. The molecule has 1 fully saturated rings.